The van der Waals surface area contributed by atoms with Gasteiger partial charge in [-0.25, -0.2) is 4.79 Å². The van der Waals surface area contributed by atoms with Crippen LogP contribution in [0.4, 0.5) is 0 Å². The summed E-state index contributed by atoms with van der Waals surface area (Å²) in [5.41, 5.74) is 0. The topological polar surface area (TPSA) is 107 Å². The molecule has 4 N–H and O–H groups in total. The average Bonchev–Trinajstić information content (AvgIpc) is 2.32. The van der Waals surface area contributed by atoms with Gasteiger partial charge in [0.1, 0.15) is 6.10 Å². The lowest BCUT2D eigenvalue weighted by molar-refractivity contribution is -0.147. The van der Waals surface area contributed by atoms with Gasteiger partial charge in [0.05, 0.1) is 6.61 Å². The first-order chi connectivity index (χ1) is 5.57. The zero-order valence-electron chi connectivity index (χ0n) is 5.97. The predicted molar refractivity (Wildman–Crippen MR) is 35.3 cm³/mol. The van der Waals surface area contributed by atoms with Crippen molar-refractivity contribution in [2.24, 2.45) is 0 Å². The van der Waals surface area contributed by atoms with Crippen LogP contribution in [0.25, 0.3) is 0 Å². The third-order valence-electron chi connectivity index (χ3n) is 1.48. The molecule has 0 aromatic carbocycles. The van der Waals surface area contributed by atoms with Crippen molar-refractivity contribution in [3.05, 3.63) is 11.5 Å². The Morgan fingerprint density at radius 2 is 2.08 bits per heavy atom. The predicted octanol–water partition coefficient (Wildman–Crippen LogP) is -1.41. The van der Waals surface area contributed by atoms with Crippen LogP contribution in [-0.2, 0) is 9.53 Å². The highest BCUT2D eigenvalue weighted by molar-refractivity contribution is 5.89. The Morgan fingerprint density at radius 1 is 1.50 bits per heavy atom. The third kappa shape index (κ3) is 1.21. The fourth-order valence-electron chi connectivity index (χ4n) is 0.823. The smallest absolute Gasteiger partial charge is 0.377 e. The van der Waals surface area contributed by atoms with Gasteiger partial charge in [0, 0.05) is 0 Å². The summed E-state index contributed by atoms with van der Waals surface area (Å²) in [7, 11) is 0. The molecule has 68 valence electrons. The number of cyclic esters (lactones) is 1. The summed E-state index contributed by atoms with van der Waals surface area (Å²) >= 11 is 0. The number of hydrogen-bond donors (Lipinski definition) is 4. The normalized spacial score (nSPS) is 25.8. The van der Waals surface area contributed by atoms with E-state index in [2.05, 4.69) is 4.74 Å². The molecule has 1 aliphatic heterocycles. The number of carbonyl (C=O) groups is 1. The number of aliphatic hydroxyl groups excluding tert-OH is 4. The highest BCUT2D eigenvalue weighted by Gasteiger charge is 2.38. The van der Waals surface area contributed by atoms with E-state index in [-0.39, 0.29) is 0 Å². The molecule has 0 saturated carbocycles. The van der Waals surface area contributed by atoms with Gasteiger partial charge in [0.2, 0.25) is 5.76 Å². The molecule has 0 amide bonds. The van der Waals surface area contributed by atoms with Gasteiger partial charge in [0.15, 0.2) is 11.9 Å². The Labute approximate surface area is 67.3 Å². The Balaban J connectivity index is 2.80. The molecule has 1 rings (SSSR count). The summed E-state index contributed by atoms with van der Waals surface area (Å²) in [6, 6.07) is 0. The van der Waals surface area contributed by atoms with E-state index >= 15 is 0 Å². The van der Waals surface area contributed by atoms with Crippen LogP contribution in [0.1, 0.15) is 0 Å². The van der Waals surface area contributed by atoms with Crippen LogP contribution in [0, 0.1) is 0 Å². The van der Waals surface area contributed by atoms with E-state index in [1.165, 1.54) is 0 Å². The minimum Gasteiger partial charge on any atom is -0.505 e. The van der Waals surface area contributed by atoms with Crippen molar-refractivity contribution < 1.29 is 30.0 Å². The second-order valence-electron chi connectivity index (χ2n) is 2.31. The molecule has 0 aliphatic carbocycles. The van der Waals surface area contributed by atoms with Crippen molar-refractivity contribution >= 4 is 5.97 Å². The van der Waals surface area contributed by atoms with E-state index in [1.807, 2.05) is 0 Å². The van der Waals surface area contributed by atoms with E-state index in [4.69, 9.17) is 20.4 Å². The third-order valence-corrected chi connectivity index (χ3v) is 1.48. The SMILES string of the molecule is O=C1O[C@H]([C@@H](O)[13CH2]O)C(O)=C1O. The van der Waals surface area contributed by atoms with Crippen molar-refractivity contribution in [2.75, 3.05) is 6.61 Å². The molecule has 0 spiro atoms. The first-order valence-electron chi connectivity index (χ1n) is 3.20. The Bertz CT molecular complexity index is 232. The van der Waals surface area contributed by atoms with Crippen LogP contribution in [0.5, 0.6) is 0 Å². The number of carbonyl (C=O) groups excluding carboxylic acids is 1. The zero-order chi connectivity index (χ0) is 9.30. The van der Waals surface area contributed by atoms with Crippen molar-refractivity contribution in [1.82, 2.24) is 0 Å². The number of aliphatic hydroxyl groups is 4. The second kappa shape index (κ2) is 3.00. The molecular formula is C6H8O6. The minimum atomic E-state index is -1.42. The quantitative estimate of drug-likeness (QED) is 0.305. The molecule has 0 aromatic heterocycles. The molecule has 0 radical (unpaired) electrons. The summed E-state index contributed by atoms with van der Waals surface area (Å²) in [4.78, 5) is 10.5. The van der Waals surface area contributed by atoms with Crippen molar-refractivity contribution in [1.29, 1.82) is 0 Å². The van der Waals surface area contributed by atoms with Crippen LogP contribution < -0.4 is 0 Å². The van der Waals surface area contributed by atoms with Gasteiger partial charge in [-0.1, -0.05) is 0 Å². The second-order valence-corrected chi connectivity index (χ2v) is 2.31. The van der Waals surface area contributed by atoms with Gasteiger partial charge < -0.3 is 25.2 Å². The first-order valence-corrected chi connectivity index (χ1v) is 3.20. The highest BCUT2D eigenvalue weighted by Crippen LogP contribution is 2.20. The van der Waals surface area contributed by atoms with Gasteiger partial charge in [-0.2, -0.15) is 0 Å². The molecule has 0 bridgehead atoms. The van der Waals surface area contributed by atoms with E-state index in [0.29, 0.717) is 0 Å². The largest absolute Gasteiger partial charge is 0.505 e. The molecule has 0 unspecified atom stereocenters. The molecular weight excluding hydrogens is 169 g/mol. The monoisotopic (exact) mass is 177 g/mol. The number of hydrogen-bond acceptors (Lipinski definition) is 6. The average molecular weight is 177 g/mol. The van der Waals surface area contributed by atoms with Gasteiger partial charge in [0.25, 0.3) is 0 Å². The maximum Gasteiger partial charge on any atom is 0.377 e. The van der Waals surface area contributed by atoms with Crippen molar-refractivity contribution in [3.63, 3.8) is 0 Å². The summed E-state index contributed by atoms with van der Waals surface area (Å²) in [6.07, 6.45) is -2.78. The van der Waals surface area contributed by atoms with E-state index < -0.39 is 36.3 Å². The minimum absolute atomic E-state index is 0.671. The summed E-state index contributed by atoms with van der Waals surface area (Å²) in [5.74, 6) is -2.78. The molecule has 2 atom stereocenters. The fourth-order valence-corrected chi connectivity index (χ4v) is 0.823. The van der Waals surface area contributed by atoms with Crippen molar-refractivity contribution in [2.45, 2.75) is 12.2 Å². The lowest BCUT2D eigenvalue weighted by atomic mass is 10.2. The lowest BCUT2D eigenvalue weighted by Crippen LogP contribution is -2.31. The zero-order valence-corrected chi connectivity index (χ0v) is 5.97. The van der Waals surface area contributed by atoms with E-state index in [0.717, 1.165) is 0 Å². The molecule has 12 heavy (non-hydrogen) atoms. The van der Waals surface area contributed by atoms with E-state index in [9.17, 15) is 4.79 Å². The van der Waals surface area contributed by atoms with Crippen LogP contribution in [0.3, 0.4) is 0 Å². The molecule has 0 saturated heterocycles. The molecule has 0 fully saturated rings. The summed E-state index contributed by atoms with van der Waals surface area (Å²) in [5, 5.41) is 35.0. The Morgan fingerprint density at radius 3 is 2.42 bits per heavy atom. The Kier molecular flexibility index (Phi) is 2.20. The van der Waals surface area contributed by atoms with Gasteiger partial charge in [-0.15, -0.1) is 0 Å². The van der Waals surface area contributed by atoms with Gasteiger partial charge >= 0.3 is 5.97 Å². The van der Waals surface area contributed by atoms with Crippen molar-refractivity contribution in [3.8, 4) is 0 Å². The van der Waals surface area contributed by atoms with Crippen LogP contribution in [0.15, 0.2) is 11.5 Å². The molecule has 6 heteroatoms. The van der Waals surface area contributed by atoms with Gasteiger partial charge in [-0.3, -0.25) is 0 Å². The molecule has 1 aliphatic rings. The van der Waals surface area contributed by atoms with E-state index in [1.54, 1.807) is 0 Å². The fraction of sp³-hybridized carbons (Fsp3) is 0.500. The first kappa shape index (κ1) is 8.82. The molecule has 6 nitrogen and oxygen atoms in total. The number of esters is 1. The Hall–Kier alpha value is -1.27. The molecule has 1 heterocycles. The highest BCUT2D eigenvalue weighted by atomic mass is 16.6. The van der Waals surface area contributed by atoms with Gasteiger partial charge in [-0.05, 0) is 0 Å². The standard InChI is InChI=1S/C6H8O6/c7-1-2(8)5-3(9)4(10)6(11)12-5/h2,5,7-10H,1H2/t2-,5+/m0/s1/i1+1. The maximum atomic E-state index is 10.5. The van der Waals surface area contributed by atoms with Crippen LogP contribution in [0.2, 0.25) is 0 Å². The summed E-state index contributed by atoms with van der Waals surface area (Å²) < 4.78 is 4.32. The maximum absolute atomic E-state index is 10.5. The number of ether oxygens (including phenoxy) is 1. The summed E-state index contributed by atoms with van der Waals surface area (Å²) in [6.45, 7) is -0.671. The molecule has 0 aromatic rings. The number of rotatable bonds is 2. The lowest BCUT2D eigenvalue weighted by Gasteiger charge is -2.13. The van der Waals surface area contributed by atoms with Crippen LogP contribution in [-0.4, -0.2) is 45.2 Å². The van der Waals surface area contributed by atoms with Crippen LogP contribution >= 0.6 is 0 Å².